The van der Waals surface area contributed by atoms with E-state index in [-0.39, 0.29) is 48.8 Å². The van der Waals surface area contributed by atoms with Gasteiger partial charge in [-0.2, -0.15) is 0 Å². The van der Waals surface area contributed by atoms with Crippen LogP contribution in [0, 0.1) is 11.8 Å². The zero-order chi connectivity index (χ0) is 41.5. The summed E-state index contributed by atoms with van der Waals surface area (Å²) in [5, 5.41) is 14.9. The van der Waals surface area contributed by atoms with Gasteiger partial charge in [-0.25, -0.2) is 9.78 Å². The van der Waals surface area contributed by atoms with Gasteiger partial charge in [-0.3, -0.25) is 19.5 Å². The van der Waals surface area contributed by atoms with Gasteiger partial charge in [0.2, 0.25) is 11.8 Å². The lowest BCUT2D eigenvalue weighted by Gasteiger charge is -2.37. The second-order valence-corrected chi connectivity index (χ2v) is 16.9. The second kappa shape index (κ2) is 16.8. The lowest BCUT2D eigenvalue weighted by Crippen LogP contribution is -2.54. The summed E-state index contributed by atoms with van der Waals surface area (Å²) in [5.41, 5.74) is 18.9. The first-order chi connectivity index (χ1) is 28.4. The number of nitrogens with zero attached hydrogens (tertiary/aromatic N) is 5. The van der Waals surface area contributed by atoms with Crippen LogP contribution in [0.1, 0.15) is 89.6 Å². The van der Waals surface area contributed by atoms with Crippen LogP contribution in [0.2, 0.25) is 0 Å². The maximum absolute atomic E-state index is 13.7. The van der Waals surface area contributed by atoms with E-state index in [0.717, 1.165) is 89.1 Å². The molecule has 59 heavy (non-hydrogen) atoms. The monoisotopic (exact) mass is 807 g/mol. The Morgan fingerprint density at radius 3 is 2.64 bits per heavy atom. The molecule has 2 aromatic carbocycles. The molecule has 3 amide bonds. The number of aliphatic hydroxyl groups is 1. The van der Waals surface area contributed by atoms with E-state index in [1.807, 2.05) is 0 Å². The lowest BCUT2D eigenvalue weighted by molar-refractivity contribution is -0.134. The molecule has 4 aliphatic heterocycles. The van der Waals surface area contributed by atoms with Crippen molar-refractivity contribution in [3.63, 3.8) is 0 Å². The Bertz CT molecular complexity index is 2250. The minimum atomic E-state index is -0.949. The largest absolute Gasteiger partial charge is 0.472 e. The first kappa shape index (κ1) is 40.5. The Hall–Kier alpha value is -5.25. The number of ether oxygens (including phenoxy) is 2. The van der Waals surface area contributed by atoms with Crippen molar-refractivity contribution in [1.82, 2.24) is 29.7 Å². The number of aromatic amines is 1. The molecule has 7 unspecified atom stereocenters. The summed E-state index contributed by atoms with van der Waals surface area (Å²) in [6.07, 6.45) is 5.84. The maximum Gasteiger partial charge on any atom is 0.407 e. The number of fused-ring (bicyclic) bond motifs is 5. The first-order valence-electron chi connectivity index (χ1n) is 21.1. The van der Waals surface area contributed by atoms with Crippen LogP contribution in [0.3, 0.4) is 0 Å². The van der Waals surface area contributed by atoms with Crippen LogP contribution in [-0.2, 0) is 21.1 Å². The maximum atomic E-state index is 13.7. The predicted molar refractivity (Wildman–Crippen MR) is 224 cm³/mol. The van der Waals surface area contributed by atoms with Gasteiger partial charge in [0, 0.05) is 53.8 Å². The quantitative estimate of drug-likeness (QED) is 0.122. The van der Waals surface area contributed by atoms with Gasteiger partial charge in [0.05, 0.1) is 42.3 Å². The number of carbonyl (C=O) groups is 3. The molecule has 0 bridgehead atoms. The molecule has 7 atom stereocenters. The third-order valence-corrected chi connectivity index (χ3v) is 13.0. The van der Waals surface area contributed by atoms with Crippen LogP contribution in [-0.4, -0.2) is 104 Å². The third-order valence-electron chi connectivity index (χ3n) is 13.0. The van der Waals surface area contributed by atoms with E-state index in [2.05, 4.69) is 83.0 Å². The number of methoxy groups -OCH3 is 1. The van der Waals surface area contributed by atoms with E-state index >= 15 is 0 Å². The summed E-state index contributed by atoms with van der Waals surface area (Å²) in [6.45, 7) is 8.09. The van der Waals surface area contributed by atoms with Gasteiger partial charge in [0.1, 0.15) is 23.8 Å². The Labute approximate surface area is 344 Å². The molecule has 0 radical (unpaired) electrons. The Balaban J connectivity index is 1.00. The van der Waals surface area contributed by atoms with Crippen LogP contribution in [0.25, 0.3) is 33.4 Å². The molecule has 4 aliphatic rings. The van der Waals surface area contributed by atoms with Crippen molar-refractivity contribution in [3.05, 3.63) is 60.0 Å². The number of alkyl carbamates (subject to hydrolysis) is 1. The number of amides is 3. The van der Waals surface area contributed by atoms with Gasteiger partial charge in [-0.15, -0.1) is 0 Å². The number of likely N-dealkylation sites (tertiary alicyclic amines) is 2. The highest BCUT2D eigenvalue weighted by atomic mass is 16.5. The molecule has 15 nitrogen and oxygen atoms in total. The van der Waals surface area contributed by atoms with Crippen molar-refractivity contribution in [2.75, 3.05) is 20.2 Å². The van der Waals surface area contributed by atoms with Crippen molar-refractivity contribution >= 4 is 34.5 Å². The van der Waals surface area contributed by atoms with Crippen LogP contribution in [0.5, 0.6) is 5.75 Å². The lowest BCUT2D eigenvalue weighted by atomic mass is 9.88. The highest BCUT2D eigenvalue weighted by molar-refractivity contribution is 6.03. The summed E-state index contributed by atoms with van der Waals surface area (Å²) in [4.78, 5) is 54.7. The molecule has 15 heteroatoms. The van der Waals surface area contributed by atoms with Crippen molar-refractivity contribution in [2.24, 2.45) is 28.3 Å². The molecule has 0 spiro atoms. The predicted octanol–water partition coefficient (Wildman–Crippen LogP) is 5.06. The number of benzene rings is 2. The molecule has 8 rings (SSSR count). The van der Waals surface area contributed by atoms with Crippen molar-refractivity contribution in [3.8, 4) is 28.3 Å². The van der Waals surface area contributed by atoms with Gasteiger partial charge in [0.15, 0.2) is 6.73 Å². The normalized spacial score (nSPS) is 23.1. The summed E-state index contributed by atoms with van der Waals surface area (Å²) in [6, 6.07) is 13.7. The molecular formula is C44H57N9O6. The summed E-state index contributed by atoms with van der Waals surface area (Å²) >= 11 is 0. The molecule has 4 aromatic rings. The SMILES string of the molecule is CCC1CC(c2ccc3c(c2)OCn2c-3cc3cc(-c4cnc(C5CCCN5C(=O)C(CCC(N)=O)NC(=O)OC)[nH]4)ccc32)=NC1C1CCCN1C(O)C(N)C(C)C. The van der Waals surface area contributed by atoms with Crippen LogP contribution < -0.4 is 21.5 Å². The molecule has 2 aromatic heterocycles. The van der Waals surface area contributed by atoms with Gasteiger partial charge < -0.3 is 45.8 Å². The fourth-order valence-corrected chi connectivity index (χ4v) is 9.64. The average molecular weight is 808 g/mol. The highest BCUT2D eigenvalue weighted by Gasteiger charge is 2.43. The van der Waals surface area contributed by atoms with Crippen LogP contribution >= 0.6 is 0 Å². The van der Waals surface area contributed by atoms with E-state index < -0.39 is 24.3 Å². The van der Waals surface area contributed by atoms with E-state index in [9.17, 15) is 19.5 Å². The number of carbonyl (C=O) groups excluding carboxylic acids is 3. The number of nitrogens with two attached hydrogens (primary N) is 2. The van der Waals surface area contributed by atoms with Crippen molar-refractivity contribution in [1.29, 1.82) is 0 Å². The minimum absolute atomic E-state index is 0.0497. The Kier molecular flexibility index (Phi) is 11.5. The van der Waals surface area contributed by atoms with E-state index in [0.29, 0.717) is 31.4 Å². The molecule has 2 saturated heterocycles. The summed E-state index contributed by atoms with van der Waals surface area (Å²) in [7, 11) is 1.23. The van der Waals surface area contributed by atoms with E-state index in [1.54, 1.807) is 11.1 Å². The zero-order valence-electron chi connectivity index (χ0n) is 34.4. The third kappa shape index (κ3) is 7.83. The van der Waals surface area contributed by atoms with E-state index in [4.69, 9.17) is 30.9 Å². The molecule has 2 fully saturated rings. The number of hydrogen-bond donors (Lipinski definition) is 5. The van der Waals surface area contributed by atoms with Gasteiger partial charge in [-0.05, 0) is 86.3 Å². The molecule has 0 aliphatic carbocycles. The van der Waals surface area contributed by atoms with Gasteiger partial charge >= 0.3 is 6.09 Å². The van der Waals surface area contributed by atoms with Crippen molar-refractivity contribution < 1.29 is 29.0 Å². The topological polar surface area (TPSA) is 206 Å². The number of aliphatic imine (C=N–C) groups is 1. The van der Waals surface area contributed by atoms with Crippen LogP contribution in [0.4, 0.5) is 4.79 Å². The number of imidazole rings is 1. The summed E-state index contributed by atoms with van der Waals surface area (Å²) < 4.78 is 13.3. The fraction of sp³-hybridized carbons (Fsp3) is 0.523. The number of aliphatic hydroxyl groups excluding tert-OH is 1. The Morgan fingerprint density at radius 2 is 1.88 bits per heavy atom. The van der Waals surface area contributed by atoms with Crippen molar-refractivity contribution in [2.45, 2.75) is 115 Å². The molecular weight excluding hydrogens is 751 g/mol. The number of rotatable bonds is 13. The van der Waals surface area contributed by atoms with E-state index in [1.165, 1.54) is 7.11 Å². The first-order valence-corrected chi connectivity index (χ1v) is 21.1. The van der Waals surface area contributed by atoms with Gasteiger partial charge in [0.25, 0.3) is 0 Å². The number of primary amides is 1. The number of nitrogens with one attached hydrogen (secondary N) is 2. The number of hydrogen-bond acceptors (Lipinski definition) is 10. The second-order valence-electron chi connectivity index (χ2n) is 16.9. The fourth-order valence-electron chi connectivity index (χ4n) is 9.64. The number of aromatic nitrogens is 3. The van der Waals surface area contributed by atoms with Gasteiger partial charge in [-0.1, -0.05) is 39.3 Å². The highest BCUT2D eigenvalue weighted by Crippen LogP contribution is 2.42. The van der Waals surface area contributed by atoms with Crippen LogP contribution in [0.15, 0.2) is 53.7 Å². The average Bonchev–Trinajstić information content (AvgIpc) is 4.09. The molecule has 7 N–H and O–H groups in total. The molecule has 0 saturated carbocycles. The Morgan fingerprint density at radius 1 is 1.08 bits per heavy atom. The summed E-state index contributed by atoms with van der Waals surface area (Å²) in [5.74, 6) is 1.22. The minimum Gasteiger partial charge on any atom is -0.472 e. The zero-order valence-corrected chi connectivity index (χ0v) is 34.4. The smallest absolute Gasteiger partial charge is 0.407 e. The standard InChI is InChI=1S/C44H57N9O6/c1-5-25-19-31(48-40(25)34-8-6-16-51(34)43(56)39(46)24(2)3)27-10-12-29-36-20-28-18-26(11-14-33(28)53(36)23-59-37(29)21-27)32-22-47-41(49-32)35-9-7-17-52(35)42(55)30(13-15-38(45)54)50-44(57)58-4/h10-12,14,18,20-22,24-25,30,34-35,39-40,43,56H,5-9,13,15-17,19,23,46H2,1-4H3,(H2,45,54)(H,47,49)(H,50,57). The molecule has 6 heterocycles. The molecule has 314 valence electrons. The number of H-pyrrole nitrogens is 1.